The van der Waals surface area contributed by atoms with E-state index in [1.54, 1.807) is 4.68 Å². The molecule has 0 fully saturated rings. The highest BCUT2D eigenvalue weighted by Gasteiger charge is 2.21. The van der Waals surface area contributed by atoms with Gasteiger partial charge in [0.15, 0.2) is 0 Å². The second kappa shape index (κ2) is 5.39. The summed E-state index contributed by atoms with van der Waals surface area (Å²) < 4.78 is 1.69. The fourth-order valence-corrected chi connectivity index (χ4v) is 1.97. The Morgan fingerprint density at radius 1 is 1.50 bits per heavy atom. The van der Waals surface area contributed by atoms with Crippen LogP contribution in [0.1, 0.15) is 31.5 Å². The van der Waals surface area contributed by atoms with E-state index in [0.29, 0.717) is 17.6 Å². The average molecular weight is 264 g/mol. The minimum Gasteiger partial charge on any atom is -0.306 e. The van der Waals surface area contributed by atoms with Gasteiger partial charge in [0.2, 0.25) is 0 Å². The van der Waals surface area contributed by atoms with Gasteiger partial charge in [-0.05, 0) is 20.3 Å². The van der Waals surface area contributed by atoms with Crippen LogP contribution in [0.15, 0.2) is 0 Å². The van der Waals surface area contributed by atoms with Crippen LogP contribution in [-0.2, 0) is 13.6 Å². The van der Waals surface area contributed by atoms with Crippen LogP contribution in [0.5, 0.6) is 0 Å². The standard InChI is InChI=1S/C11H19Cl2N3/c1-5-11(3,7-12)14-6-9-8(2)15-16(4)10(9)13/h14H,5-7H2,1-4H3. The maximum Gasteiger partial charge on any atom is 0.131 e. The molecular formula is C11H19Cl2N3. The molecule has 3 nitrogen and oxygen atoms in total. The maximum atomic E-state index is 6.16. The van der Waals surface area contributed by atoms with Gasteiger partial charge in [0, 0.05) is 30.6 Å². The normalized spacial score (nSPS) is 15.1. The number of nitrogens with one attached hydrogen (secondary N) is 1. The van der Waals surface area contributed by atoms with Gasteiger partial charge in [-0.1, -0.05) is 18.5 Å². The molecule has 0 saturated carbocycles. The SMILES string of the molecule is CCC(C)(CCl)NCc1c(C)nn(C)c1Cl. The molecule has 1 heterocycles. The number of rotatable bonds is 5. The van der Waals surface area contributed by atoms with Crippen LogP contribution >= 0.6 is 23.2 Å². The average Bonchev–Trinajstić information content (AvgIpc) is 2.51. The fourth-order valence-electron chi connectivity index (χ4n) is 1.44. The van der Waals surface area contributed by atoms with Crippen molar-refractivity contribution in [1.29, 1.82) is 0 Å². The van der Waals surface area contributed by atoms with Crippen molar-refractivity contribution in [3.05, 3.63) is 16.4 Å². The van der Waals surface area contributed by atoms with Crippen LogP contribution in [-0.4, -0.2) is 21.2 Å². The van der Waals surface area contributed by atoms with E-state index in [9.17, 15) is 0 Å². The molecule has 1 N–H and O–H groups in total. The first-order valence-corrected chi connectivity index (χ1v) is 6.33. The molecule has 0 aromatic carbocycles. The Labute approximate surface area is 107 Å². The summed E-state index contributed by atoms with van der Waals surface area (Å²) in [5.41, 5.74) is 1.97. The van der Waals surface area contributed by atoms with Gasteiger partial charge in [-0.2, -0.15) is 5.10 Å². The second-order valence-electron chi connectivity index (χ2n) is 4.38. The van der Waals surface area contributed by atoms with Crippen molar-refractivity contribution >= 4 is 23.2 Å². The Kier molecular flexibility index (Phi) is 4.65. The predicted molar refractivity (Wildman–Crippen MR) is 69.2 cm³/mol. The zero-order chi connectivity index (χ0) is 12.3. The van der Waals surface area contributed by atoms with Crippen LogP contribution in [0.25, 0.3) is 0 Å². The molecule has 1 unspecified atom stereocenters. The van der Waals surface area contributed by atoms with E-state index in [1.807, 2.05) is 14.0 Å². The molecule has 0 aliphatic carbocycles. The van der Waals surface area contributed by atoms with Gasteiger partial charge < -0.3 is 5.32 Å². The van der Waals surface area contributed by atoms with E-state index in [1.165, 1.54) is 0 Å². The zero-order valence-electron chi connectivity index (χ0n) is 10.3. The minimum atomic E-state index is -0.0484. The van der Waals surface area contributed by atoms with Crippen LogP contribution in [0.3, 0.4) is 0 Å². The molecule has 1 aromatic rings. The van der Waals surface area contributed by atoms with Crippen molar-refractivity contribution in [3.63, 3.8) is 0 Å². The molecule has 92 valence electrons. The number of aryl methyl sites for hydroxylation is 2. The Balaban J connectivity index is 2.74. The lowest BCUT2D eigenvalue weighted by molar-refractivity contribution is 0.379. The summed E-state index contributed by atoms with van der Waals surface area (Å²) >= 11 is 12.1. The fraction of sp³-hybridized carbons (Fsp3) is 0.727. The summed E-state index contributed by atoms with van der Waals surface area (Å²) in [6, 6.07) is 0. The van der Waals surface area contributed by atoms with Gasteiger partial charge in [-0.3, -0.25) is 4.68 Å². The van der Waals surface area contributed by atoms with E-state index in [4.69, 9.17) is 23.2 Å². The number of aromatic nitrogens is 2. The summed E-state index contributed by atoms with van der Waals surface area (Å²) in [7, 11) is 1.85. The molecule has 0 radical (unpaired) electrons. The highest BCUT2D eigenvalue weighted by Crippen LogP contribution is 2.20. The van der Waals surface area contributed by atoms with E-state index in [2.05, 4.69) is 24.3 Å². The molecule has 0 aliphatic rings. The lowest BCUT2D eigenvalue weighted by atomic mass is 10.0. The lowest BCUT2D eigenvalue weighted by Crippen LogP contribution is -2.43. The third-order valence-corrected chi connectivity index (χ3v) is 4.10. The molecule has 5 heteroatoms. The summed E-state index contributed by atoms with van der Waals surface area (Å²) in [5, 5.41) is 8.40. The van der Waals surface area contributed by atoms with Gasteiger partial charge in [-0.25, -0.2) is 0 Å². The Hall–Kier alpha value is -0.250. The van der Waals surface area contributed by atoms with Gasteiger partial charge in [0.25, 0.3) is 0 Å². The molecule has 1 rings (SSSR count). The maximum absolute atomic E-state index is 6.16. The van der Waals surface area contributed by atoms with Crippen molar-refractivity contribution in [2.45, 2.75) is 39.3 Å². The molecule has 1 aromatic heterocycles. The minimum absolute atomic E-state index is 0.0484. The van der Waals surface area contributed by atoms with Crippen LogP contribution < -0.4 is 5.32 Å². The highest BCUT2D eigenvalue weighted by atomic mass is 35.5. The third-order valence-electron chi connectivity index (χ3n) is 3.04. The van der Waals surface area contributed by atoms with Gasteiger partial charge in [0.05, 0.1) is 5.69 Å². The second-order valence-corrected chi connectivity index (χ2v) is 5.01. The van der Waals surface area contributed by atoms with Gasteiger partial charge in [-0.15, -0.1) is 11.6 Å². The van der Waals surface area contributed by atoms with E-state index in [0.717, 1.165) is 17.7 Å². The number of nitrogens with zero attached hydrogens (tertiary/aromatic N) is 2. The zero-order valence-corrected chi connectivity index (χ0v) is 11.8. The number of halogens is 2. The van der Waals surface area contributed by atoms with Crippen molar-refractivity contribution in [2.75, 3.05) is 5.88 Å². The molecule has 0 spiro atoms. The monoisotopic (exact) mass is 263 g/mol. The Bertz CT molecular complexity index is 356. The van der Waals surface area contributed by atoms with Crippen LogP contribution in [0.4, 0.5) is 0 Å². The third kappa shape index (κ3) is 2.90. The smallest absolute Gasteiger partial charge is 0.131 e. The largest absolute Gasteiger partial charge is 0.306 e. The predicted octanol–water partition coefficient (Wildman–Crippen LogP) is 2.88. The molecule has 16 heavy (non-hydrogen) atoms. The summed E-state index contributed by atoms with van der Waals surface area (Å²) in [6.45, 7) is 6.90. The molecular weight excluding hydrogens is 245 g/mol. The Morgan fingerprint density at radius 3 is 2.50 bits per heavy atom. The molecule has 1 atom stereocenters. The van der Waals surface area contributed by atoms with Crippen LogP contribution in [0.2, 0.25) is 5.15 Å². The number of hydrogen-bond donors (Lipinski definition) is 1. The van der Waals surface area contributed by atoms with Gasteiger partial charge in [0.1, 0.15) is 5.15 Å². The molecule has 0 aliphatic heterocycles. The first-order valence-electron chi connectivity index (χ1n) is 5.42. The summed E-state index contributed by atoms with van der Waals surface area (Å²) in [5.74, 6) is 0.584. The summed E-state index contributed by atoms with van der Waals surface area (Å²) in [6.07, 6.45) is 0.980. The molecule has 0 amide bonds. The van der Waals surface area contributed by atoms with E-state index >= 15 is 0 Å². The topological polar surface area (TPSA) is 29.9 Å². The van der Waals surface area contributed by atoms with Crippen molar-refractivity contribution in [1.82, 2.24) is 15.1 Å². The lowest BCUT2D eigenvalue weighted by Gasteiger charge is -2.27. The Morgan fingerprint density at radius 2 is 2.12 bits per heavy atom. The van der Waals surface area contributed by atoms with E-state index < -0.39 is 0 Å². The molecule has 0 saturated heterocycles. The molecule has 0 bridgehead atoms. The van der Waals surface area contributed by atoms with Crippen molar-refractivity contribution in [3.8, 4) is 0 Å². The van der Waals surface area contributed by atoms with Gasteiger partial charge >= 0.3 is 0 Å². The number of hydrogen-bond acceptors (Lipinski definition) is 2. The quantitative estimate of drug-likeness (QED) is 0.829. The van der Waals surface area contributed by atoms with Crippen LogP contribution in [0, 0.1) is 6.92 Å². The first kappa shape index (κ1) is 13.8. The number of alkyl halides is 1. The van der Waals surface area contributed by atoms with E-state index in [-0.39, 0.29) is 5.54 Å². The van der Waals surface area contributed by atoms with Crippen molar-refractivity contribution in [2.24, 2.45) is 7.05 Å². The van der Waals surface area contributed by atoms with Crippen molar-refractivity contribution < 1.29 is 0 Å². The summed E-state index contributed by atoms with van der Waals surface area (Å²) in [4.78, 5) is 0. The highest BCUT2D eigenvalue weighted by molar-refractivity contribution is 6.30. The first-order chi connectivity index (χ1) is 7.43.